The molecule has 2 aliphatic rings. The molecule has 0 bridgehead atoms. The highest BCUT2D eigenvalue weighted by molar-refractivity contribution is 6.25. The summed E-state index contributed by atoms with van der Waals surface area (Å²) >= 11 is 5.85. The number of nitrogens with zero attached hydrogens (tertiary/aromatic N) is 1. The topological polar surface area (TPSA) is 15.3 Å². The first kappa shape index (κ1) is 14.4. The van der Waals surface area contributed by atoms with E-state index in [2.05, 4.69) is 31.0 Å². The molecule has 0 aromatic heterocycles. The van der Waals surface area contributed by atoms with Crippen molar-refractivity contribution in [1.29, 1.82) is 0 Å². The van der Waals surface area contributed by atoms with E-state index < -0.39 is 0 Å². The monoisotopic (exact) mass is 270 g/mol. The minimum Gasteiger partial charge on any atom is -0.311 e. The van der Waals surface area contributed by atoms with Gasteiger partial charge < -0.3 is 5.32 Å². The van der Waals surface area contributed by atoms with Gasteiger partial charge in [-0.25, -0.2) is 0 Å². The molecule has 0 radical (unpaired) electrons. The molecule has 2 atom stereocenters. The SMILES string of the molecule is CCCC1CN(CC(C)=CCl)C(C)(C2CC2)CN1. The summed E-state index contributed by atoms with van der Waals surface area (Å²) in [5.74, 6) is 0.885. The third kappa shape index (κ3) is 3.09. The molecule has 104 valence electrons. The molecule has 0 amide bonds. The van der Waals surface area contributed by atoms with Crippen molar-refractivity contribution in [2.75, 3.05) is 19.6 Å². The molecule has 1 heterocycles. The summed E-state index contributed by atoms with van der Waals surface area (Å²) in [6.45, 7) is 10.2. The quantitative estimate of drug-likeness (QED) is 0.824. The van der Waals surface area contributed by atoms with Crippen molar-refractivity contribution in [1.82, 2.24) is 10.2 Å². The summed E-state index contributed by atoms with van der Waals surface area (Å²) in [4.78, 5) is 2.68. The molecule has 2 nitrogen and oxygen atoms in total. The Hall–Kier alpha value is -0.0500. The number of nitrogens with one attached hydrogen (secondary N) is 1. The number of piperazine rings is 1. The van der Waals surface area contributed by atoms with Crippen LogP contribution >= 0.6 is 11.6 Å². The largest absolute Gasteiger partial charge is 0.311 e. The lowest BCUT2D eigenvalue weighted by atomic mass is 9.88. The van der Waals surface area contributed by atoms with Crippen molar-refractivity contribution < 1.29 is 0 Å². The molecule has 0 aromatic rings. The van der Waals surface area contributed by atoms with Crippen LogP contribution in [0.4, 0.5) is 0 Å². The van der Waals surface area contributed by atoms with Crippen LogP contribution in [-0.2, 0) is 0 Å². The van der Waals surface area contributed by atoms with E-state index in [1.807, 2.05) is 0 Å². The summed E-state index contributed by atoms with van der Waals surface area (Å²) in [7, 11) is 0. The smallest absolute Gasteiger partial charge is 0.0338 e. The third-order valence-electron chi connectivity index (χ3n) is 4.63. The Balaban J connectivity index is 2.05. The first-order chi connectivity index (χ1) is 8.60. The van der Waals surface area contributed by atoms with Gasteiger partial charge in [-0.1, -0.05) is 24.9 Å². The zero-order chi connectivity index (χ0) is 13.2. The van der Waals surface area contributed by atoms with Gasteiger partial charge >= 0.3 is 0 Å². The maximum Gasteiger partial charge on any atom is 0.0338 e. The molecule has 2 unspecified atom stereocenters. The Labute approximate surface area is 117 Å². The highest BCUT2D eigenvalue weighted by Gasteiger charge is 2.47. The summed E-state index contributed by atoms with van der Waals surface area (Å²) < 4.78 is 0. The highest BCUT2D eigenvalue weighted by atomic mass is 35.5. The van der Waals surface area contributed by atoms with Gasteiger partial charge in [0.2, 0.25) is 0 Å². The van der Waals surface area contributed by atoms with Crippen LogP contribution in [0, 0.1) is 5.92 Å². The maximum absolute atomic E-state index is 5.85. The van der Waals surface area contributed by atoms with E-state index in [0.717, 1.165) is 19.0 Å². The molecule has 1 N–H and O–H groups in total. The molecule has 1 aliphatic carbocycles. The Morgan fingerprint density at radius 3 is 2.78 bits per heavy atom. The Bertz CT molecular complexity index is 312. The van der Waals surface area contributed by atoms with E-state index in [4.69, 9.17) is 11.6 Å². The van der Waals surface area contributed by atoms with Crippen molar-refractivity contribution in [2.24, 2.45) is 5.92 Å². The Morgan fingerprint density at radius 2 is 2.22 bits per heavy atom. The summed E-state index contributed by atoms with van der Waals surface area (Å²) in [6.07, 6.45) is 5.34. The number of hydrogen-bond acceptors (Lipinski definition) is 2. The minimum atomic E-state index is 0.339. The second-order valence-corrected chi connectivity index (χ2v) is 6.55. The maximum atomic E-state index is 5.85. The van der Waals surface area contributed by atoms with E-state index in [1.54, 1.807) is 5.54 Å². The molecular weight excluding hydrogens is 244 g/mol. The van der Waals surface area contributed by atoms with Gasteiger partial charge in [0.15, 0.2) is 0 Å². The van der Waals surface area contributed by atoms with E-state index in [0.29, 0.717) is 11.6 Å². The third-order valence-corrected chi connectivity index (χ3v) is 5.00. The fourth-order valence-electron chi connectivity index (χ4n) is 3.23. The van der Waals surface area contributed by atoms with Crippen LogP contribution in [0.1, 0.15) is 46.5 Å². The molecule has 3 heteroatoms. The van der Waals surface area contributed by atoms with Crippen molar-refractivity contribution in [3.05, 3.63) is 11.1 Å². The second-order valence-electron chi connectivity index (χ2n) is 6.33. The number of hydrogen-bond donors (Lipinski definition) is 1. The van der Waals surface area contributed by atoms with E-state index >= 15 is 0 Å². The van der Waals surface area contributed by atoms with Gasteiger partial charge in [-0.15, -0.1) is 0 Å². The van der Waals surface area contributed by atoms with Crippen LogP contribution in [0.5, 0.6) is 0 Å². The second kappa shape index (κ2) is 5.94. The normalized spacial score (nSPS) is 34.9. The molecule has 1 saturated heterocycles. The standard InChI is InChI=1S/C15H27ClN2/c1-4-5-14-10-18(9-12(2)8-16)15(3,11-17-14)13-6-7-13/h8,13-14,17H,4-7,9-11H2,1-3H3. The first-order valence-corrected chi connectivity index (χ1v) is 7.78. The predicted molar refractivity (Wildman–Crippen MR) is 79.0 cm³/mol. The van der Waals surface area contributed by atoms with Crippen LogP contribution in [0.2, 0.25) is 0 Å². The molecule has 1 aliphatic heterocycles. The molecule has 0 spiro atoms. The van der Waals surface area contributed by atoms with Crippen LogP contribution < -0.4 is 5.32 Å². The van der Waals surface area contributed by atoms with Crippen molar-refractivity contribution in [3.8, 4) is 0 Å². The van der Waals surface area contributed by atoms with Gasteiger partial charge in [-0.05, 0) is 44.6 Å². The van der Waals surface area contributed by atoms with E-state index in [-0.39, 0.29) is 0 Å². The van der Waals surface area contributed by atoms with Gasteiger partial charge in [0.05, 0.1) is 0 Å². The average molecular weight is 271 g/mol. The van der Waals surface area contributed by atoms with Crippen molar-refractivity contribution in [3.63, 3.8) is 0 Å². The highest BCUT2D eigenvalue weighted by Crippen LogP contribution is 2.44. The van der Waals surface area contributed by atoms with Gasteiger partial charge in [-0.2, -0.15) is 0 Å². The lowest BCUT2D eigenvalue weighted by Crippen LogP contribution is -2.64. The van der Waals surface area contributed by atoms with Gasteiger partial charge in [0.1, 0.15) is 0 Å². The predicted octanol–water partition coefficient (Wildman–Crippen LogP) is 3.37. The fourth-order valence-corrected chi connectivity index (χ4v) is 3.30. The molecule has 0 aromatic carbocycles. The summed E-state index contributed by atoms with van der Waals surface area (Å²) in [6, 6.07) is 0.657. The van der Waals surface area contributed by atoms with E-state index in [1.165, 1.54) is 37.8 Å². The minimum absolute atomic E-state index is 0.339. The van der Waals surface area contributed by atoms with Gasteiger partial charge in [-0.3, -0.25) is 4.90 Å². The summed E-state index contributed by atoms with van der Waals surface area (Å²) in [5, 5.41) is 3.76. The fraction of sp³-hybridized carbons (Fsp3) is 0.867. The lowest BCUT2D eigenvalue weighted by molar-refractivity contribution is 0.0416. The van der Waals surface area contributed by atoms with E-state index in [9.17, 15) is 0 Å². The molecular formula is C15H27ClN2. The zero-order valence-electron chi connectivity index (χ0n) is 12.0. The average Bonchev–Trinajstić information content (AvgIpc) is 3.18. The Kier molecular flexibility index (Phi) is 4.74. The lowest BCUT2D eigenvalue weighted by Gasteiger charge is -2.49. The zero-order valence-corrected chi connectivity index (χ0v) is 12.8. The molecule has 2 rings (SSSR count). The van der Waals surface area contributed by atoms with Gasteiger partial charge in [0, 0.05) is 36.8 Å². The van der Waals surface area contributed by atoms with Gasteiger partial charge in [0.25, 0.3) is 0 Å². The molecule has 2 fully saturated rings. The van der Waals surface area contributed by atoms with Crippen molar-refractivity contribution >= 4 is 11.6 Å². The first-order valence-electron chi connectivity index (χ1n) is 7.34. The number of halogens is 1. The number of rotatable bonds is 5. The molecule has 18 heavy (non-hydrogen) atoms. The van der Waals surface area contributed by atoms with Crippen LogP contribution in [0.25, 0.3) is 0 Å². The Morgan fingerprint density at radius 1 is 1.50 bits per heavy atom. The molecule has 1 saturated carbocycles. The van der Waals surface area contributed by atoms with Crippen LogP contribution in [-0.4, -0.2) is 36.1 Å². The van der Waals surface area contributed by atoms with Crippen LogP contribution in [0.15, 0.2) is 11.1 Å². The summed E-state index contributed by atoms with van der Waals surface area (Å²) in [5.41, 5.74) is 3.36. The van der Waals surface area contributed by atoms with Crippen molar-refractivity contribution in [2.45, 2.75) is 58.0 Å². The van der Waals surface area contributed by atoms with Crippen LogP contribution in [0.3, 0.4) is 0 Å².